The van der Waals surface area contributed by atoms with Crippen LogP contribution in [0.1, 0.15) is 79.6 Å². The quantitative estimate of drug-likeness (QED) is 0.410. The van der Waals surface area contributed by atoms with Gasteiger partial charge in [0.15, 0.2) is 0 Å². The summed E-state index contributed by atoms with van der Waals surface area (Å²) in [5, 5.41) is 10.5. The molecule has 0 aromatic rings. The molecular formula is C18H36N2O4. The van der Waals surface area contributed by atoms with Gasteiger partial charge in [0.2, 0.25) is 0 Å². The third-order valence-electron chi connectivity index (χ3n) is 3.79. The molecule has 0 heterocycles. The summed E-state index contributed by atoms with van der Waals surface area (Å²) in [6.07, 6.45) is 5.81. The van der Waals surface area contributed by atoms with Crippen LogP contribution in [0.5, 0.6) is 0 Å². The van der Waals surface area contributed by atoms with Crippen molar-refractivity contribution < 1.29 is 19.4 Å². The van der Waals surface area contributed by atoms with Crippen LogP contribution in [-0.2, 0) is 9.53 Å². The second-order valence-corrected chi connectivity index (χ2v) is 7.46. The third-order valence-corrected chi connectivity index (χ3v) is 3.79. The van der Waals surface area contributed by atoms with E-state index in [9.17, 15) is 9.59 Å². The normalized spacial score (nSPS) is 12.9. The molecule has 0 aromatic carbocycles. The lowest BCUT2D eigenvalue weighted by atomic mass is 10.0. The van der Waals surface area contributed by atoms with Crippen molar-refractivity contribution in [3.8, 4) is 0 Å². The molecule has 0 rings (SSSR count). The first-order valence-electron chi connectivity index (χ1n) is 9.10. The molecule has 0 aliphatic carbocycles. The van der Waals surface area contributed by atoms with Crippen LogP contribution in [0.25, 0.3) is 0 Å². The Kier molecular flexibility index (Phi) is 11.5. The number of nitrogens with zero attached hydrogens (tertiary/aromatic N) is 1. The molecule has 0 spiro atoms. The number of nitrogens with one attached hydrogen (secondary N) is 1. The predicted octanol–water partition coefficient (Wildman–Crippen LogP) is 4.20. The molecule has 6 nitrogen and oxygen atoms in total. The standard InChI is InChI=1S/C18H36N2O4/c1-6-15(2)11-8-7-9-13-20(14-10-12-16(21)22)19-17(23)24-18(3,4)5/h15H,6-14H2,1-5H3,(H,19,23)(H,21,22)/t15-/m0/s1. The van der Waals surface area contributed by atoms with Crippen molar-refractivity contribution in [3.05, 3.63) is 0 Å². The monoisotopic (exact) mass is 344 g/mol. The number of carboxylic acids is 1. The zero-order chi connectivity index (χ0) is 18.6. The largest absolute Gasteiger partial charge is 0.481 e. The summed E-state index contributed by atoms with van der Waals surface area (Å²) in [6.45, 7) is 11.1. The van der Waals surface area contributed by atoms with Gasteiger partial charge in [0.25, 0.3) is 0 Å². The topological polar surface area (TPSA) is 78.9 Å². The highest BCUT2D eigenvalue weighted by molar-refractivity contribution is 5.67. The van der Waals surface area contributed by atoms with Crippen molar-refractivity contribution in [3.63, 3.8) is 0 Å². The van der Waals surface area contributed by atoms with Crippen molar-refractivity contribution >= 4 is 12.1 Å². The Hall–Kier alpha value is -1.30. The predicted molar refractivity (Wildman–Crippen MR) is 95.7 cm³/mol. The van der Waals surface area contributed by atoms with Gasteiger partial charge in [0.1, 0.15) is 5.60 Å². The van der Waals surface area contributed by atoms with E-state index >= 15 is 0 Å². The van der Waals surface area contributed by atoms with Gasteiger partial charge >= 0.3 is 12.1 Å². The van der Waals surface area contributed by atoms with Gasteiger partial charge in [-0.1, -0.05) is 39.5 Å². The maximum Gasteiger partial charge on any atom is 0.422 e. The van der Waals surface area contributed by atoms with E-state index in [0.29, 0.717) is 19.5 Å². The number of hydrogen-bond donors (Lipinski definition) is 2. The summed E-state index contributed by atoms with van der Waals surface area (Å²) in [7, 11) is 0. The molecule has 0 aliphatic rings. The number of aliphatic carboxylic acids is 1. The van der Waals surface area contributed by atoms with E-state index in [2.05, 4.69) is 19.3 Å². The van der Waals surface area contributed by atoms with Crippen LogP contribution in [0.3, 0.4) is 0 Å². The number of hydrogen-bond acceptors (Lipinski definition) is 4. The number of amides is 1. The fourth-order valence-electron chi connectivity index (χ4n) is 2.25. The summed E-state index contributed by atoms with van der Waals surface area (Å²) in [4.78, 5) is 22.5. The Morgan fingerprint density at radius 2 is 1.75 bits per heavy atom. The molecule has 24 heavy (non-hydrogen) atoms. The fourth-order valence-corrected chi connectivity index (χ4v) is 2.25. The van der Waals surface area contributed by atoms with E-state index in [4.69, 9.17) is 9.84 Å². The number of carbonyl (C=O) groups excluding carboxylic acids is 1. The summed E-state index contributed by atoms with van der Waals surface area (Å²) in [6, 6.07) is 0. The first-order chi connectivity index (χ1) is 11.1. The fraction of sp³-hybridized carbons (Fsp3) is 0.889. The maximum absolute atomic E-state index is 11.9. The van der Waals surface area contributed by atoms with E-state index in [1.54, 1.807) is 5.01 Å². The summed E-state index contributed by atoms with van der Waals surface area (Å²) < 4.78 is 5.26. The number of carboxylic acid groups (broad SMARTS) is 1. The molecule has 0 saturated heterocycles. The van der Waals surface area contributed by atoms with E-state index in [0.717, 1.165) is 18.8 Å². The highest BCUT2D eigenvalue weighted by atomic mass is 16.6. The zero-order valence-corrected chi connectivity index (χ0v) is 16.1. The second-order valence-electron chi connectivity index (χ2n) is 7.46. The van der Waals surface area contributed by atoms with Crippen LogP contribution in [0.4, 0.5) is 4.79 Å². The van der Waals surface area contributed by atoms with Gasteiger partial charge in [-0.2, -0.15) is 0 Å². The smallest absolute Gasteiger partial charge is 0.422 e. The third kappa shape index (κ3) is 14.3. The molecular weight excluding hydrogens is 308 g/mol. The minimum atomic E-state index is -0.819. The Morgan fingerprint density at radius 3 is 2.29 bits per heavy atom. The average Bonchev–Trinajstić information content (AvgIpc) is 2.43. The number of unbranched alkanes of at least 4 members (excludes halogenated alkanes) is 2. The van der Waals surface area contributed by atoms with Crippen molar-refractivity contribution in [2.75, 3.05) is 13.1 Å². The van der Waals surface area contributed by atoms with Gasteiger partial charge < -0.3 is 9.84 Å². The van der Waals surface area contributed by atoms with Gasteiger partial charge in [-0.15, -0.1) is 0 Å². The van der Waals surface area contributed by atoms with E-state index in [1.807, 2.05) is 20.8 Å². The summed E-state index contributed by atoms with van der Waals surface area (Å²) in [5.74, 6) is -0.0580. The lowest BCUT2D eigenvalue weighted by molar-refractivity contribution is -0.137. The lowest BCUT2D eigenvalue weighted by Crippen LogP contribution is -2.45. The average molecular weight is 344 g/mol. The maximum atomic E-state index is 11.9. The molecule has 0 aliphatic heterocycles. The van der Waals surface area contributed by atoms with Crippen LogP contribution >= 0.6 is 0 Å². The molecule has 142 valence electrons. The Bertz CT molecular complexity index is 367. The van der Waals surface area contributed by atoms with Gasteiger partial charge in [-0.3, -0.25) is 10.2 Å². The zero-order valence-electron chi connectivity index (χ0n) is 16.1. The summed E-state index contributed by atoms with van der Waals surface area (Å²) >= 11 is 0. The van der Waals surface area contributed by atoms with Crippen LogP contribution in [-0.4, -0.2) is 40.9 Å². The van der Waals surface area contributed by atoms with Crippen molar-refractivity contribution in [1.29, 1.82) is 0 Å². The van der Waals surface area contributed by atoms with Crippen LogP contribution < -0.4 is 5.43 Å². The van der Waals surface area contributed by atoms with Gasteiger partial charge in [0.05, 0.1) is 0 Å². The Labute approximate surface area is 146 Å². The molecule has 0 bridgehead atoms. The van der Waals surface area contributed by atoms with Crippen molar-refractivity contribution in [1.82, 2.24) is 10.4 Å². The van der Waals surface area contributed by atoms with Crippen LogP contribution in [0.2, 0.25) is 0 Å². The minimum absolute atomic E-state index is 0.0977. The Morgan fingerprint density at radius 1 is 1.12 bits per heavy atom. The molecule has 1 atom stereocenters. The highest BCUT2D eigenvalue weighted by Gasteiger charge is 2.18. The lowest BCUT2D eigenvalue weighted by Gasteiger charge is -2.26. The van der Waals surface area contributed by atoms with Gasteiger partial charge in [-0.25, -0.2) is 9.80 Å². The molecule has 0 aromatic heterocycles. The number of rotatable bonds is 12. The first kappa shape index (κ1) is 22.7. The molecule has 6 heteroatoms. The van der Waals surface area contributed by atoms with Crippen molar-refractivity contribution in [2.45, 2.75) is 85.2 Å². The molecule has 0 saturated carbocycles. The number of hydrazine groups is 1. The number of ether oxygens (including phenoxy) is 1. The van der Waals surface area contributed by atoms with Crippen LogP contribution in [0.15, 0.2) is 0 Å². The number of carbonyl (C=O) groups is 2. The molecule has 0 fully saturated rings. The van der Waals surface area contributed by atoms with E-state index < -0.39 is 17.7 Å². The van der Waals surface area contributed by atoms with Gasteiger partial charge in [0, 0.05) is 19.5 Å². The molecule has 0 radical (unpaired) electrons. The first-order valence-corrected chi connectivity index (χ1v) is 9.10. The Balaban J connectivity index is 4.21. The second kappa shape index (κ2) is 12.1. The minimum Gasteiger partial charge on any atom is -0.481 e. The SMILES string of the molecule is CC[C@H](C)CCCCCN(CCCC(=O)O)NC(=O)OC(C)(C)C. The molecule has 2 N–H and O–H groups in total. The van der Waals surface area contributed by atoms with E-state index in [1.165, 1.54) is 19.3 Å². The highest BCUT2D eigenvalue weighted by Crippen LogP contribution is 2.12. The summed E-state index contributed by atoms with van der Waals surface area (Å²) in [5.41, 5.74) is 2.19. The van der Waals surface area contributed by atoms with Crippen molar-refractivity contribution in [2.24, 2.45) is 5.92 Å². The van der Waals surface area contributed by atoms with Gasteiger partial charge in [-0.05, 0) is 39.5 Å². The molecule has 1 amide bonds. The molecule has 0 unspecified atom stereocenters. The van der Waals surface area contributed by atoms with E-state index in [-0.39, 0.29) is 6.42 Å². The van der Waals surface area contributed by atoms with Crippen LogP contribution in [0, 0.1) is 5.92 Å².